The van der Waals surface area contributed by atoms with Crippen LogP contribution in [0, 0.1) is 6.92 Å². The number of nitrogens with two attached hydrogens (primary N) is 1. The number of nitrogens with one attached hydrogen (secondary N) is 1. The molecule has 0 radical (unpaired) electrons. The molecule has 7 heteroatoms. The van der Waals surface area contributed by atoms with E-state index < -0.39 is 10.0 Å². The summed E-state index contributed by atoms with van der Waals surface area (Å²) in [5, 5.41) is 0.702. The van der Waals surface area contributed by atoms with E-state index in [0.29, 0.717) is 27.0 Å². The van der Waals surface area contributed by atoms with E-state index in [1.807, 2.05) is 0 Å². The third-order valence-corrected chi connectivity index (χ3v) is 4.58. The van der Waals surface area contributed by atoms with E-state index >= 15 is 0 Å². The summed E-state index contributed by atoms with van der Waals surface area (Å²) < 4.78 is 27.1. The number of rotatable bonds is 3. The summed E-state index contributed by atoms with van der Waals surface area (Å²) in [7, 11) is -3.72. The number of benzene rings is 2. The molecule has 106 valence electrons. The zero-order valence-corrected chi connectivity index (χ0v) is 12.9. The van der Waals surface area contributed by atoms with Crippen LogP contribution in [-0.4, -0.2) is 8.42 Å². The molecule has 0 aliphatic rings. The molecule has 0 aliphatic carbocycles. The van der Waals surface area contributed by atoms with Gasteiger partial charge in [0, 0.05) is 15.7 Å². The maximum Gasteiger partial charge on any atom is 0.262 e. The molecule has 0 fully saturated rings. The lowest BCUT2D eigenvalue weighted by Crippen LogP contribution is -2.14. The third kappa shape index (κ3) is 3.36. The highest BCUT2D eigenvalue weighted by Gasteiger charge is 2.17. The van der Waals surface area contributed by atoms with Gasteiger partial charge < -0.3 is 5.73 Å². The lowest BCUT2D eigenvalue weighted by Gasteiger charge is -2.11. The van der Waals surface area contributed by atoms with Crippen molar-refractivity contribution >= 4 is 44.6 Å². The van der Waals surface area contributed by atoms with Crippen LogP contribution in [0.2, 0.25) is 10.0 Å². The van der Waals surface area contributed by atoms with Crippen LogP contribution >= 0.6 is 23.2 Å². The minimum Gasteiger partial charge on any atom is -0.399 e. The molecule has 20 heavy (non-hydrogen) atoms. The van der Waals surface area contributed by atoms with Gasteiger partial charge in [0.05, 0.1) is 10.6 Å². The van der Waals surface area contributed by atoms with Gasteiger partial charge >= 0.3 is 0 Å². The fourth-order valence-corrected chi connectivity index (χ4v) is 3.59. The molecule has 0 saturated carbocycles. The topological polar surface area (TPSA) is 72.2 Å². The number of hydrogen-bond donors (Lipinski definition) is 2. The van der Waals surface area contributed by atoms with E-state index in [2.05, 4.69) is 4.72 Å². The standard InChI is InChI=1S/C13H12Cl2N2O2S/c1-8-4-11(16)2-3-13(8)20(18,19)17-12-6-9(14)5-10(15)7-12/h2-7,17H,16H2,1H3. The van der Waals surface area contributed by atoms with Crippen LogP contribution in [0.3, 0.4) is 0 Å². The van der Waals surface area contributed by atoms with Crippen molar-refractivity contribution in [1.29, 1.82) is 0 Å². The number of aryl methyl sites for hydroxylation is 1. The van der Waals surface area contributed by atoms with Gasteiger partial charge in [0.15, 0.2) is 0 Å². The van der Waals surface area contributed by atoms with Crippen LogP contribution in [0.15, 0.2) is 41.3 Å². The molecular formula is C13H12Cl2N2O2S. The first kappa shape index (κ1) is 15.0. The van der Waals surface area contributed by atoms with E-state index in [0.717, 1.165) is 0 Å². The molecule has 4 nitrogen and oxygen atoms in total. The Morgan fingerprint density at radius 3 is 2.20 bits per heavy atom. The highest BCUT2D eigenvalue weighted by Crippen LogP contribution is 2.26. The van der Waals surface area contributed by atoms with Gasteiger partial charge in [-0.1, -0.05) is 23.2 Å². The smallest absolute Gasteiger partial charge is 0.262 e. The molecule has 0 bridgehead atoms. The third-order valence-electron chi connectivity index (χ3n) is 2.60. The maximum absolute atomic E-state index is 12.3. The summed E-state index contributed by atoms with van der Waals surface area (Å²) in [6, 6.07) is 9.08. The van der Waals surface area contributed by atoms with Crippen LogP contribution in [-0.2, 0) is 10.0 Å². The zero-order valence-electron chi connectivity index (χ0n) is 10.5. The van der Waals surface area contributed by atoms with Crippen molar-refractivity contribution in [3.63, 3.8) is 0 Å². The Hall–Kier alpha value is -1.43. The Balaban J connectivity index is 2.40. The van der Waals surface area contributed by atoms with Crippen molar-refractivity contribution in [3.05, 3.63) is 52.0 Å². The lowest BCUT2D eigenvalue weighted by molar-refractivity contribution is 0.600. The van der Waals surface area contributed by atoms with Gasteiger partial charge in [-0.05, 0) is 48.9 Å². The van der Waals surface area contributed by atoms with Crippen molar-refractivity contribution in [2.24, 2.45) is 0 Å². The number of nitrogen functional groups attached to an aromatic ring is 1. The molecule has 0 amide bonds. The average Bonchev–Trinajstić information content (AvgIpc) is 2.25. The van der Waals surface area contributed by atoms with Crippen LogP contribution in [0.4, 0.5) is 11.4 Å². The van der Waals surface area contributed by atoms with Crippen molar-refractivity contribution in [1.82, 2.24) is 0 Å². The quantitative estimate of drug-likeness (QED) is 0.843. The van der Waals surface area contributed by atoms with Crippen LogP contribution in [0.5, 0.6) is 0 Å². The Morgan fingerprint density at radius 2 is 1.65 bits per heavy atom. The summed E-state index contributed by atoms with van der Waals surface area (Å²) in [4.78, 5) is 0.155. The van der Waals surface area contributed by atoms with Crippen LogP contribution < -0.4 is 10.5 Å². The molecule has 0 aromatic heterocycles. The van der Waals surface area contributed by atoms with Gasteiger partial charge in [0.25, 0.3) is 10.0 Å². The second kappa shape index (κ2) is 5.52. The first-order valence-corrected chi connectivity index (χ1v) is 7.87. The summed E-state index contributed by atoms with van der Waals surface area (Å²) in [6.45, 7) is 1.68. The number of hydrogen-bond acceptors (Lipinski definition) is 3. The zero-order chi connectivity index (χ0) is 14.9. The van der Waals surface area contributed by atoms with Crippen molar-refractivity contribution < 1.29 is 8.42 Å². The summed E-state index contributed by atoms with van der Waals surface area (Å²) in [5.74, 6) is 0. The minimum absolute atomic E-state index is 0.155. The van der Waals surface area contributed by atoms with Gasteiger partial charge in [-0.15, -0.1) is 0 Å². The van der Waals surface area contributed by atoms with E-state index in [1.165, 1.54) is 30.3 Å². The van der Waals surface area contributed by atoms with Gasteiger partial charge in [0.2, 0.25) is 0 Å². The van der Waals surface area contributed by atoms with Crippen molar-refractivity contribution in [2.45, 2.75) is 11.8 Å². The Bertz CT molecular complexity index is 741. The van der Waals surface area contributed by atoms with Crippen molar-refractivity contribution in [2.75, 3.05) is 10.5 Å². The van der Waals surface area contributed by atoms with Crippen molar-refractivity contribution in [3.8, 4) is 0 Å². The molecule has 0 atom stereocenters. The minimum atomic E-state index is -3.72. The molecule has 0 unspecified atom stereocenters. The Morgan fingerprint density at radius 1 is 1.05 bits per heavy atom. The molecule has 2 aromatic rings. The molecule has 2 aromatic carbocycles. The monoisotopic (exact) mass is 330 g/mol. The van der Waals surface area contributed by atoms with Crippen LogP contribution in [0.1, 0.15) is 5.56 Å². The second-order valence-corrected chi connectivity index (χ2v) is 6.81. The number of sulfonamides is 1. The van der Waals surface area contributed by atoms with E-state index in [1.54, 1.807) is 13.0 Å². The highest BCUT2D eigenvalue weighted by atomic mass is 35.5. The van der Waals surface area contributed by atoms with E-state index in [4.69, 9.17) is 28.9 Å². The van der Waals surface area contributed by atoms with Gasteiger partial charge in [-0.25, -0.2) is 8.42 Å². The lowest BCUT2D eigenvalue weighted by atomic mass is 10.2. The number of halogens is 2. The average molecular weight is 331 g/mol. The second-order valence-electron chi connectivity index (χ2n) is 4.29. The van der Waals surface area contributed by atoms with E-state index in [-0.39, 0.29) is 4.90 Å². The van der Waals surface area contributed by atoms with E-state index in [9.17, 15) is 8.42 Å². The predicted molar refractivity (Wildman–Crippen MR) is 82.9 cm³/mol. The fraction of sp³-hybridized carbons (Fsp3) is 0.0769. The summed E-state index contributed by atoms with van der Waals surface area (Å²) in [6.07, 6.45) is 0. The normalized spacial score (nSPS) is 11.3. The fourth-order valence-electron chi connectivity index (χ4n) is 1.80. The first-order valence-electron chi connectivity index (χ1n) is 5.63. The first-order chi connectivity index (χ1) is 9.28. The molecule has 0 aliphatic heterocycles. The Kier molecular flexibility index (Phi) is 4.13. The molecule has 0 spiro atoms. The molecule has 0 saturated heterocycles. The van der Waals surface area contributed by atoms with Crippen LogP contribution in [0.25, 0.3) is 0 Å². The number of anilines is 2. The Labute approximate surface area is 127 Å². The molecule has 0 heterocycles. The molecular weight excluding hydrogens is 319 g/mol. The molecule has 3 N–H and O–H groups in total. The van der Waals surface area contributed by atoms with Gasteiger partial charge in [0.1, 0.15) is 0 Å². The summed E-state index contributed by atoms with van der Waals surface area (Å²) >= 11 is 11.7. The largest absolute Gasteiger partial charge is 0.399 e. The van der Waals surface area contributed by atoms with Gasteiger partial charge in [-0.3, -0.25) is 4.72 Å². The predicted octanol–water partition coefficient (Wildman–Crippen LogP) is 3.68. The highest BCUT2D eigenvalue weighted by molar-refractivity contribution is 7.92. The molecule has 2 rings (SSSR count). The SMILES string of the molecule is Cc1cc(N)ccc1S(=O)(=O)Nc1cc(Cl)cc(Cl)c1. The maximum atomic E-state index is 12.3. The van der Waals surface area contributed by atoms with Gasteiger partial charge in [-0.2, -0.15) is 0 Å². The summed E-state index contributed by atoms with van der Waals surface area (Å²) in [5.41, 5.74) is 6.98.